The van der Waals surface area contributed by atoms with E-state index in [9.17, 15) is 14.0 Å². The van der Waals surface area contributed by atoms with Crippen LogP contribution in [0.15, 0.2) is 18.2 Å². The number of hydrogen-bond acceptors (Lipinski definition) is 3. The third-order valence-corrected chi connectivity index (χ3v) is 4.26. The second-order valence-electron chi connectivity index (χ2n) is 4.56. The Bertz CT molecular complexity index is 518. The lowest BCUT2D eigenvalue weighted by Crippen LogP contribution is -2.33. The Balaban J connectivity index is 1.90. The number of anilines is 1. The monoisotopic (exact) mass is 298 g/mol. The molecule has 0 aromatic heterocycles. The van der Waals surface area contributed by atoms with E-state index in [1.807, 2.05) is 11.8 Å². The van der Waals surface area contributed by atoms with E-state index in [0.717, 1.165) is 30.1 Å². The maximum Gasteiger partial charge on any atom is 0.338 e. The molecule has 7 heteroatoms. The number of carbonyl (C=O) groups is 2. The maximum absolute atomic E-state index is 13.2. The van der Waals surface area contributed by atoms with Crippen molar-refractivity contribution in [3.63, 3.8) is 0 Å². The van der Waals surface area contributed by atoms with Crippen molar-refractivity contribution in [3.05, 3.63) is 29.6 Å². The highest BCUT2D eigenvalue weighted by atomic mass is 32.2. The molecule has 1 aliphatic heterocycles. The fourth-order valence-electron chi connectivity index (χ4n) is 1.92. The van der Waals surface area contributed by atoms with Crippen LogP contribution in [0.2, 0.25) is 0 Å². The minimum atomic E-state index is -1.37. The van der Waals surface area contributed by atoms with Gasteiger partial charge in [0, 0.05) is 12.2 Å². The number of aromatic carboxylic acids is 1. The number of halogens is 1. The van der Waals surface area contributed by atoms with E-state index < -0.39 is 23.4 Å². The van der Waals surface area contributed by atoms with Crippen molar-refractivity contribution in [3.8, 4) is 0 Å². The van der Waals surface area contributed by atoms with Crippen LogP contribution in [0.1, 0.15) is 16.8 Å². The summed E-state index contributed by atoms with van der Waals surface area (Å²) in [5.41, 5.74) is -0.211. The molecule has 0 bridgehead atoms. The maximum atomic E-state index is 13.2. The summed E-state index contributed by atoms with van der Waals surface area (Å²) < 4.78 is 13.2. The summed E-state index contributed by atoms with van der Waals surface area (Å²) in [5, 5.41) is 14.0. The first kappa shape index (κ1) is 14.6. The lowest BCUT2D eigenvalue weighted by Gasteiger charge is -2.11. The summed E-state index contributed by atoms with van der Waals surface area (Å²) in [7, 11) is 0. The van der Waals surface area contributed by atoms with Crippen molar-refractivity contribution >= 4 is 29.4 Å². The lowest BCUT2D eigenvalue weighted by molar-refractivity contribution is 0.0692. The van der Waals surface area contributed by atoms with Gasteiger partial charge in [-0.05, 0) is 42.0 Å². The zero-order valence-corrected chi connectivity index (χ0v) is 11.5. The number of carbonyl (C=O) groups excluding carboxylic acids is 1. The van der Waals surface area contributed by atoms with Crippen LogP contribution in [0.4, 0.5) is 14.9 Å². The second-order valence-corrected chi connectivity index (χ2v) is 5.71. The van der Waals surface area contributed by atoms with Gasteiger partial charge in [-0.1, -0.05) is 0 Å². The van der Waals surface area contributed by atoms with Gasteiger partial charge in [-0.15, -0.1) is 0 Å². The second kappa shape index (κ2) is 6.60. The molecule has 3 N–H and O–H groups in total. The number of thioether (sulfide) groups is 1. The van der Waals surface area contributed by atoms with Crippen molar-refractivity contribution in [2.75, 3.05) is 23.4 Å². The molecule has 1 atom stereocenters. The first-order valence-corrected chi connectivity index (χ1v) is 7.37. The molecule has 1 aliphatic rings. The largest absolute Gasteiger partial charge is 0.478 e. The average molecular weight is 298 g/mol. The van der Waals surface area contributed by atoms with E-state index in [4.69, 9.17) is 5.11 Å². The number of rotatable bonds is 4. The summed E-state index contributed by atoms with van der Waals surface area (Å²) in [6.07, 6.45) is 1.09. The molecule has 5 nitrogen and oxygen atoms in total. The molecule has 108 valence electrons. The predicted molar refractivity (Wildman–Crippen MR) is 75.8 cm³/mol. The topological polar surface area (TPSA) is 78.4 Å². The van der Waals surface area contributed by atoms with Gasteiger partial charge in [0.25, 0.3) is 0 Å². The predicted octanol–water partition coefficient (Wildman–Crippen LogP) is 2.40. The number of benzene rings is 1. The summed E-state index contributed by atoms with van der Waals surface area (Å²) in [4.78, 5) is 22.5. The molecule has 1 fully saturated rings. The molecule has 0 spiro atoms. The van der Waals surface area contributed by atoms with Crippen LogP contribution in [0.5, 0.6) is 0 Å². The highest BCUT2D eigenvalue weighted by Gasteiger charge is 2.16. The third-order valence-electron chi connectivity index (χ3n) is 3.03. The Labute approximate surface area is 119 Å². The molecule has 1 saturated heterocycles. The lowest BCUT2D eigenvalue weighted by atomic mass is 10.1. The first-order chi connectivity index (χ1) is 9.56. The van der Waals surface area contributed by atoms with Gasteiger partial charge in [0.05, 0.1) is 5.56 Å². The number of hydrogen-bond donors (Lipinski definition) is 3. The van der Waals surface area contributed by atoms with Crippen molar-refractivity contribution in [1.82, 2.24) is 5.32 Å². The van der Waals surface area contributed by atoms with Crippen LogP contribution in [-0.2, 0) is 0 Å². The van der Waals surface area contributed by atoms with Gasteiger partial charge >= 0.3 is 12.0 Å². The summed E-state index contributed by atoms with van der Waals surface area (Å²) in [5.74, 6) is 0.447. The van der Waals surface area contributed by atoms with E-state index in [1.54, 1.807) is 0 Å². The Morgan fingerprint density at radius 1 is 1.45 bits per heavy atom. The van der Waals surface area contributed by atoms with Crippen LogP contribution in [0.3, 0.4) is 0 Å². The molecule has 2 amide bonds. The smallest absolute Gasteiger partial charge is 0.338 e. The van der Waals surface area contributed by atoms with Gasteiger partial charge in [-0.3, -0.25) is 0 Å². The van der Waals surface area contributed by atoms with Crippen LogP contribution in [0, 0.1) is 11.7 Å². The van der Waals surface area contributed by atoms with Crippen molar-refractivity contribution in [1.29, 1.82) is 0 Å². The molecule has 1 unspecified atom stereocenters. The quantitative estimate of drug-likeness (QED) is 0.797. The molecule has 0 saturated carbocycles. The SMILES string of the molecule is O=C(NCC1CCSC1)Nc1ccc(F)c(C(=O)O)c1. The van der Waals surface area contributed by atoms with E-state index in [1.165, 1.54) is 6.07 Å². The van der Waals surface area contributed by atoms with Gasteiger partial charge in [0.2, 0.25) is 0 Å². The van der Waals surface area contributed by atoms with Gasteiger partial charge in [-0.2, -0.15) is 11.8 Å². The summed E-state index contributed by atoms with van der Waals surface area (Å²) >= 11 is 1.87. The summed E-state index contributed by atoms with van der Waals surface area (Å²) in [6, 6.07) is 3.03. The van der Waals surface area contributed by atoms with Crippen LogP contribution >= 0.6 is 11.8 Å². The Kier molecular flexibility index (Phi) is 4.84. The Morgan fingerprint density at radius 2 is 2.25 bits per heavy atom. The number of carboxylic acid groups (broad SMARTS) is 1. The van der Waals surface area contributed by atoms with Crippen molar-refractivity contribution in [2.24, 2.45) is 5.92 Å². The van der Waals surface area contributed by atoms with E-state index >= 15 is 0 Å². The van der Waals surface area contributed by atoms with Crippen LogP contribution < -0.4 is 10.6 Å². The van der Waals surface area contributed by atoms with E-state index in [0.29, 0.717) is 12.5 Å². The molecular formula is C13H15FN2O3S. The molecular weight excluding hydrogens is 283 g/mol. The van der Waals surface area contributed by atoms with Gasteiger partial charge in [-0.25, -0.2) is 14.0 Å². The van der Waals surface area contributed by atoms with E-state index in [2.05, 4.69) is 10.6 Å². The minimum Gasteiger partial charge on any atom is -0.478 e. The standard InChI is InChI=1S/C13H15FN2O3S/c14-11-2-1-9(5-10(11)12(17)18)16-13(19)15-6-8-3-4-20-7-8/h1-2,5,8H,3-4,6-7H2,(H,17,18)(H2,15,16,19). The number of amides is 2. The highest BCUT2D eigenvalue weighted by molar-refractivity contribution is 7.99. The number of carboxylic acids is 1. The molecule has 0 aliphatic carbocycles. The van der Waals surface area contributed by atoms with Crippen LogP contribution in [0.25, 0.3) is 0 Å². The minimum absolute atomic E-state index is 0.252. The normalized spacial score (nSPS) is 17.8. The van der Waals surface area contributed by atoms with Gasteiger partial charge < -0.3 is 15.7 Å². The zero-order valence-electron chi connectivity index (χ0n) is 10.7. The summed E-state index contributed by atoms with van der Waals surface area (Å²) in [6.45, 7) is 0.589. The van der Waals surface area contributed by atoms with E-state index in [-0.39, 0.29) is 5.69 Å². The molecule has 2 rings (SSSR count). The Morgan fingerprint density at radius 3 is 2.90 bits per heavy atom. The van der Waals surface area contributed by atoms with Crippen molar-refractivity contribution < 1.29 is 19.1 Å². The zero-order chi connectivity index (χ0) is 14.5. The first-order valence-electron chi connectivity index (χ1n) is 6.21. The third kappa shape index (κ3) is 3.86. The average Bonchev–Trinajstić information content (AvgIpc) is 2.91. The Hall–Kier alpha value is -1.76. The fourth-order valence-corrected chi connectivity index (χ4v) is 3.21. The van der Waals surface area contributed by atoms with Gasteiger partial charge in [0.1, 0.15) is 5.82 Å². The fraction of sp³-hybridized carbons (Fsp3) is 0.385. The molecule has 1 heterocycles. The molecule has 1 aromatic rings. The number of urea groups is 1. The van der Waals surface area contributed by atoms with Crippen molar-refractivity contribution in [2.45, 2.75) is 6.42 Å². The molecule has 0 radical (unpaired) electrons. The van der Waals surface area contributed by atoms with Crippen LogP contribution in [-0.4, -0.2) is 35.2 Å². The number of nitrogens with one attached hydrogen (secondary N) is 2. The molecule has 20 heavy (non-hydrogen) atoms. The highest BCUT2D eigenvalue weighted by Crippen LogP contribution is 2.22. The molecule has 1 aromatic carbocycles. The van der Waals surface area contributed by atoms with Gasteiger partial charge in [0.15, 0.2) is 0 Å².